The number of rotatable bonds is 3. The second-order valence-corrected chi connectivity index (χ2v) is 5.41. The average molecular weight is 231 g/mol. The zero-order valence-electron chi connectivity index (χ0n) is 11.1. The molecule has 0 saturated heterocycles. The van der Waals surface area contributed by atoms with Crippen molar-refractivity contribution >= 4 is 10.9 Å². The molecule has 1 aromatic carbocycles. The molecule has 0 saturated carbocycles. The zero-order chi connectivity index (χ0) is 12.6. The van der Waals surface area contributed by atoms with Crippen LogP contribution in [0.25, 0.3) is 10.9 Å². The standard InChI is InChI=1S/C15H21NO/c1-5-16-11(2)8-13-7-6-12(9-14(13)16)10-15(3,4)17/h6-9,17H,5,10H2,1-4H3. The van der Waals surface area contributed by atoms with Crippen LogP contribution in [0.15, 0.2) is 24.3 Å². The van der Waals surface area contributed by atoms with Gasteiger partial charge in [0.2, 0.25) is 0 Å². The van der Waals surface area contributed by atoms with Crippen LogP contribution in [0.2, 0.25) is 0 Å². The minimum Gasteiger partial charge on any atom is -0.390 e. The number of nitrogens with zero attached hydrogens (tertiary/aromatic N) is 1. The molecule has 0 radical (unpaired) electrons. The van der Waals surface area contributed by atoms with Crippen molar-refractivity contribution < 1.29 is 5.11 Å². The SMILES string of the molecule is CCn1c(C)cc2ccc(CC(C)(C)O)cc21. The molecule has 2 nitrogen and oxygen atoms in total. The van der Waals surface area contributed by atoms with Crippen LogP contribution in [-0.4, -0.2) is 15.3 Å². The van der Waals surface area contributed by atoms with Crippen molar-refractivity contribution in [1.82, 2.24) is 4.57 Å². The first-order valence-corrected chi connectivity index (χ1v) is 6.22. The lowest BCUT2D eigenvalue weighted by Crippen LogP contribution is -2.21. The van der Waals surface area contributed by atoms with Crippen molar-refractivity contribution in [3.8, 4) is 0 Å². The fourth-order valence-electron chi connectivity index (χ4n) is 2.47. The van der Waals surface area contributed by atoms with Crippen molar-refractivity contribution in [1.29, 1.82) is 0 Å². The van der Waals surface area contributed by atoms with E-state index in [1.807, 2.05) is 13.8 Å². The number of aryl methyl sites for hydroxylation is 2. The number of aromatic nitrogens is 1. The summed E-state index contributed by atoms with van der Waals surface area (Å²) in [4.78, 5) is 0. The fourth-order valence-corrected chi connectivity index (χ4v) is 2.47. The molecule has 1 heterocycles. The van der Waals surface area contributed by atoms with E-state index in [2.05, 4.69) is 42.7 Å². The first-order valence-electron chi connectivity index (χ1n) is 6.22. The van der Waals surface area contributed by atoms with Gasteiger partial charge < -0.3 is 9.67 Å². The third-order valence-electron chi connectivity index (χ3n) is 3.13. The molecule has 17 heavy (non-hydrogen) atoms. The maximum absolute atomic E-state index is 9.87. The molecular weight excluding hydrogens is 210 g/mol. The van der Waals surface area contributed by atoms with E-state index in [4.69, 9.17) is 0 Å². The Morgan fingerprint density at radius 1 is 1.24 bits per heavy atom. The second-order valence-electron chi connectivity index (χ2n) is 5.41. The Kier molecular flexibility index (Phi) is 3.00. The van der Waals surface area contributed by atoms with Gasteiger partial charge in [0.1, 0.15) is 0 Å². The Hall–Kier alpha value is -1.28. The largest absolute Gasteiger partial charge is 0.390 e. The normalized spacial score (nSPS) is 12.3. The zero-order valence-corrected chi connectivity index (χ0v) is 11.1. The highest BCUT2D eigenvalue weighted by molar-refractivity contribution is 5.82. The molecule has 0 unspecified atom stereocenters. The van der Waals surface area contributed by atoms with Gasteiger partial charge >= 0.3 is 0 Å². The molecule has 0 aliphatic heterocycles. The molecule has 2 heteroatoms. The van der Waals surface area contributed by atoms with Crippen LogP contribution in [0, 0.1) is 6.92 Å². The smallest absolute Gasteiger partial charge is 0.0631 e. The summed E-state index contributed by atoms with van der Waals surface area (Å²) in [6.07, 6.45) is 0.691. The molecule has 0 aliphatic rings. The summed E-state index contributed by atoms with van der Waals surface area (Å²) in [6, 6.07) is 8.67. The molecule has 92 valence electrons. The van der Waals surface area contributed by atoms with E-state index >= 15 is 0 Å². The van der Waals surface area contributed by atoms with Gasteiger partial charge in [-0.3, -0.25) is 0 Å². The topological polar surface area (TPSA) is 25.2 Å². The predicted octanol–water partition coefficient (Wildman–Crippen LogP) is 3.28. The lowest BCUT2D eigenvalue weighted by molar-refractivity contribution is 0.0810. The highest BCUT2D eigenvalue weighted by Crippen LogP contribution is 2.23. The third-order valence-corrected chi connectivity index (χ3v) is 3.13. The Morgan fingerprint density at radius 2 is 1.94 bits per heavy atom. The van der Waals surface area contributed by atoms with Crippen LogP contribution < -0.4 is 0 Å². The molecule has 0 aliphatic carbocycles. The van der Waals surface area contributed by atoms with Crippen LogP contribution in [0.3, 0.4) is 0 Å². The van der Waals surface area contributed by atoms with E-state index in [0.717, 1.165) is 6.54 Å². The number of fused-ring (bicyclic) bond motifs is 1. The van der Waals surface area contributed by atoms with Crippen LogP contribution in [-0.2, 0) is 13.0 Å². The van der Waals surface area contributed by atoms with Crippen molar-refractivity contribution in [2.45, 2.75) is 46.3 Å². The first-order chi connectivity index (χ1) is 7.90. The summed E-state index contributed by atoms with van der Waals surface area (Å²) in [7, 11) is 0. The van der Waals surface area contributed by atoms with Gasteiger partial charge in [0.25, 0.3) is 0 Å². The fraction of sp³-hybridized carbons (Fsp3) is 0.467. The van der Waals surface area contributed by atoms with E-state index in [1.165, 1.54) is 22.2 Å². The van der Waals surface area contributed by atoms with E-state index in [1.54, 1.807) is 0 Å². The summed E-state index contributed by atoms with van der Waals surface area (Å²) < 4.78 is 2.31. The molecule has 2 aromatic rings. The van der Waals surface area contributed by atoms with Gasteiger partial charge in [-0.1, -0.05) is 12.1 Å². The summed E-state index contributed by atoms with van der Waals surface area (Å²) in [5.74, 6) is 0. The van der Waals surface area contributed by atoms with Gasteiger partial charge in [-0.05, 0) is 50.8 Å². The summed E-state index contributed by atoms with van der Waals surface area (Å²) in [5.41, 5.74) is 3.11. The van der Waals surface area contributed by atoms with Crippen molar-refractivity contribution in [2.75, 3.05) is 0 Å². The van der Waals surface area contributed by atoms with Crippen molar-refractivity contribution in [3.63, 3.8) is 0 Å². The van der Waals surface area contributed by atoms with E-state index in [-0.39, 0.29) is 0 Å². The van der Waals surface area contributed by atoms with Crippen LogP contribution >= 0.6 is 0 Å². The maximum atomic E-state index is 9.87. The van der Waals surface area contributed by atoms with Crippen LogP contribution in [0.5, 0.6) is 0 Å². The average Bonchev–Trinajstić information content (AvgIpc) is 2.50. The van der Waals surface area contributed by atoms with Gasteiger partial charge in [-0.25, -0.2) is 0 Å². The maximum Gasteiger partial charge on any atom is 0.0631 e. The highest BCUT2D eigenvalue weighted by atomic mass is 16.3. The van der Waals surface area contributed by atoms with Crippen molar-refractivity contribution in [2.24, 2.45) is 0 Å². The number of hydrogen-bond acceptors (Lipinski definition) is 1. The third kappa shape index (κ3) is 2.52. The first kappa shape index (κ1) is 12.2. The van der Waals surface area contributed by atoms with Gasteiger partial charge in [-0.2, -0.15) is 0 Å². The minimum absolute atomic E-state index is 0.646. The number of aliphatic hydroxyl groups is 1. The molecule has 0 fully saturated rings. The van der Waals surface area contributed by atoms with Crippen molar-refractivity contribution in [3.05, 3.63) is 35.5 Å². The molecule has 2 rings (SSSR count). The summed E-state index contributed by atoms with van der Waals surface area (Å²) >= 11 is 0. The predicted molar refractivity (Wildman–Crippen MR) is 72.4 cm³/mol. The molecule has 0 spiro atoms. The molecular formula is C15H21NO. The highest BCUT2D eigenvalue weighted by Gasteiger charge is 2.14. The lowest BCUT2D eigenvalue weighted by Gasteiger charge is -2.17. The Balaban J connectivity index is 2.49. The van der Waals surface area contributed by atoms with E-state index in [9.17, 15) is 5.11 Å². The van der Waals surface area contributed by atoms with Crippen LogP contribution in [0.4, 0.5) is 0 Å². The lowest BCUT2D eigenvalue weighted by atomic mass is 9.98. The summed E-state index contributed by atoms with van der Waals surface area (Å²) in [6.45, 7) is 8.98. The second kappa shape index (κ2) is 4.19. The molecule has 0 amide bonds. The quantitative estimate of drug-likeness (QED) is 0.861. The minimum atomic E-state index is -0.646. The molecule has 0 atom stereocenters. The number of hydrogen-bond donors (Lipinski definition) is 1. The van der Waals surface area contributed by atoms with Gasteiger partial charge in [0.15, 0.2) is 0 Å². The Morgan fingerprint density at radius 3 is 2.53 bits per heavy atom. The van der Waals surface area contributed by atoms with Crippen LogP contribution in [0.1, 0.15) is 32.0 Å². The summed E-state index contributed by atoms with van der Waals surface area (Å²) in [5, 5.41) is 11.1. The number of benzene rings is 1. The van der Waals surface area contributed by atoms with E-state index < -0.39 is 5.60 Å². The molecule has 1 aromatic heterocycles. The van der Waals surface area contributed by atoms with E-state index in [0.29, 0.717) is 6.42 Å². The Bertz CT molecular complexity index is 532. The van der Waals surface area contributed by atoms with Gasteiger partial charge in [-0.15, -0.1) is 0 Å². The van der Waals surface area contributed by atoms with Gasteiger partial charge in [0, 0.05) is 24.2 Å². The molecule has 1 N–H and O–H groups in total. The monoisotopic (exact) mass is 231 g/mol. The Labute approximate surface area is 103 Å². The molecule has 0 bridgehead atoms. The van der Waals surface area contributed by atoms with Gasteiger partial charge in [0.05, 0.1) is 5.60 Å².